The van der Waals surface area contributed by atoms with Gasteiger partial charge < -0.3 is 9.84 Å². The number of β-amino-alcohol motifs (C(OH)–C–C–N with tert-alkyl or cyclic N) is 1. The smallest absolute Gasteiger partial charge is 0.0639 e. The Labute approximate surface area is 80.7 Å². The largest absolute Gasteiger partial charge is 0.392 e. The molecular formula is C10H21NO2. The highest BCUT2D eigenvalue weighted by Crippen LogP contribution is 2.19. The van der Waals surface area contributed by atoms with Gasteiger partial charge in [0.25, 0.3) is 0 Å². The number of piperidine rings is 1. The standard InChI is InChI=1S/C10H21NO2/c1-8-6-10(13-3)4-5-11(8)7-9(2)12/h8-10,12H,4-7H2,1-3H3/t8?,9-,10?/m0/s1. The van der Waals surface area contributed by atoms with Crippen LogP contribution in [-0.4, -0.2) is 48.5 Å². The molecule has 2 unspecified atom stereocenters. The van der Waals surface area contributed by atoms with Crippen molar-refractivity contribution in [3.8, 4) is 0 Å². The van der Waals surface area contributed by atoms with Gasteiger partial charge in [0.05, 0.1) is 12.2 Å². The van der Waals surface area contributed by atoms with Crippen LogP contribution in [0.15, 0.2) is 0 Å². The Morgan fingerprint density at radius 3 is 2.77 bits per heavy atom. The van der Waals surface area contributed by atoms with Gasteiger partial charge in [-0.15, -0.1) is 0 Å². The van der Waals surface area contributed by atoms with Crippen LogP contribution >= 0.6 is 0 Å². The van der Waals surface area contributed by atoms with E-state index in [-0.39, 0.29) is 6.10 Å². The number of likely N-dealkylation sites (tertiary alicyclic amines) is 1. The molecule has 3 nitrogen and oxygen atoms in total. The number of aliphatic hydroxyl groups is 1. The summed E-state index contributed by atoms with van der Waals surface area (Å²) in [6.07, 6.45) is 2.37. The van der Waals surface area contributed by atoms with Gasteiger partial charge >= 0.3 is 0 Å². The molecule has 1 heterocycles. The highest BCUT2D eigenvalue weighted by molar-refractivity contribution is 4.79. The minimum atomic E-state index is -0.221. The lowest BCUT2D eigenvalue weighted by atomic mass is 10.0. The van der Waals surface area contributed by atoms with Crippen molar-refractivity contribution in [2.24, 2.45) is 0 Å². The summed E-state index contributed by atoms with van der Waals surface area (Å²) in [5, 5.41) is 9.27. The van der Waals surface area contributed by atoms with Crippen LogP contribution in [0.3, 0.4) is 0 Å². The molecule has 1 aliphatic heterocycles. The van der Waals surface area contributed by atoms with E-state index in [1.165, 1.54) is 0 Å². The van der Waals surface area contributed by atoms with Gasteiger partial charge in [-0.25, -0.2) is 0 Å². The SMILES string of the molecule is COC1CCN(C[C@H](C)O)C(C)C1. The minimum absolute atomic E-state index is 0.221. The summed E-state index contributed by atoms with van der Waals surface area (Å²) in [7, 11) is 1.78. The third-order valence-corrected chi connectivity index (χ3v) is 2.80. The fraction of sp³-hybridized carbons (Fsp3) is 1.00. The van der Waals surface area contributed by atoms with Gasteiger partial charge in [0, 0.05) is 26.2 Å². The van der Waals surface area contributed by atoms with Crippen molar-refractivity contribution in [1.29, 1.82) is 0 Å². The van der Waals surface area contributed by atoms with Crippen LogP contribution in [0.2, 0.25) is 0 Å². The van der Waals surface area contributed by atoms with Crippen molar-refractivity contribution in [2.45, 2.75) is 44.9 Å². The predicted molar refractivity (Wildman–Crippen MR) is 52.7 cm³/mol. The van der Waals surface area contributed by atoms with Crippen LogP contribution in [0.1, 0.15) is 26.7 Å². The Bertz CT molecular complexity index is 150. The number of aliphatic hydroxyl groups excluding tert-OH is 1. The molecular weight excluding hydrogens is 166 g/mol. The molecule has 0 aromatic carbocycles. The molecule has 1 N–H and O–H groups in total. The second-order valence-electron chi connectivity index (χ2n) is 4.08. The Hall–Kier alpha value is -0.120. The van der Waals surface area contributed by atoms with Crippen LogP contribution in [0.5, 0.6) is 0 Å². The van der Waals surface area contributed by atoms with Crippen molar-refractivity contribution in [2.75, 3.05) is 20.2 Å². The van der Waals surface area contributed by atoms with Gasteiger partial charge in [0.1, 0.15) is 0 Å². The molecule has 0 aromatic rings. The third-order valence-electron chi connectivity index (χ3n) is 2.80. The first-order valence-corrected chi connectivity index (χ1v) is 5.08. The van der Waals surface area contributed by atoms with Crippen LogP contribution in [-0.2, 0) is 4.74 Å². The first kappa shape index (κ1) is 11.0. The Balaban J connectivity index is 2.35. The number of nitrogens with zero attached hydrogens (tertiary/aromatic N) is 1. The zero-order valence-corrected chi connectivity index (χ0v) is 8.86. The summed E-state index contributed by atoms with van der Waals surface area (Å²) in [5.41, 5.74) is 0. The molecule has 3 heteroatoms. The summed E-state index contributed by atoms with van der Waals surface area (Å²) in [4.78, 5) is 2.33. The fourth-order valence-electron chi connectivity index (χ4n) is 2.00. The van der Waals surface area contributed by atoms with E-state index >= 15 is 0 Å². The van der Waals surface area contributed by atoms with Crippen molar-refractivity contribution < 1.29 is 9.84 Å². The second kappa shape index (κ2) is 4.94. The predicted octanol–water partition coefficient (Wildman–Crippen LogP) is 0.866. The monoisotopic (exact) mass is 187 g/mol. The summed E-state index contributed by atoms with van der Waals surface area (Å²) >= 11 is 0. The molecule has 3 atom stereocenters. The molecule has 13 heavy (non-hydrogen) atoms. The van der Waals surface area contributed by atoms with E-state index in [9.17, 15) is 5.11 Å². The maximum atomic E-state index is 9.27. The minimum Gasteiger partial charge on any atom is -0.392 e. The molecule has 0 bridgehead atoms. The van der Waals surface area contributed by atoms with E-state index in [1.807, 2.05) is 6.92 Å². The molecule has 0 amide bonds. The third kappa shape index (κ3) is 3.25. The van der Waals surface area contributed by atoms with E-state index in [0.29, 0.717) is 12.1 Å². The number of rotatable bonds is 3. The second-order valence-corrected chi connectivity index (χ2v) is 4.08. The van der Waals surface area contributed by atoms with Gasteiger partial charge in [0.2, 0.25) is 0 Å². The molecule has 0 spiro atoms. The van der Waals surface area contributed by atoms with Crippen molar-refractivity contribution in [3.63, 3.8) is 0 Å². The molecule has 0 aromatic heterocycles. The lowest BCUT2D eigenvalue weighted by Gasteiger charge is -2.37. The lowest BCUT2D eigenvalue weighted by molar-refractivity contribution is 0.00109. The van der Waals surface area contributed by atoms with Crippen LogP contribution in [0.4, 0.5) is 0 Å². The van der Waals surface area contributed by atoms with Crippen LogP contribution < -0.4 is 0 Å². The average Bonchev–Trinajstić information content (AvgIpc) is 2.08. The molecule has 1 saturated heterocycles. The summed E-state index contributed by atoms with van der Waals surface area (Å²) in [6, 6.07) is 0.535. The van der Waals surface area contributed by atoms with Gasteiger partial charge in [0.15, 0.2) is 0 Å². The maximum absolute atomic E-state index is 9.27. The zero-order chi connectivity index (χ0) is 9.84. The van der Waals surface area contributed by atoms with Gasteiger partial charge in [-0.05, 0) is 26.7 Å². The number of ether oxygens (including phenoxy) is 1. The molecule has 1 rings (SSSR count). The summed E-state index contributed by atoms with van der Waals surface area (Å²) in [6.45, 7) is 5.88. The van der Waals surface area contributed by atoms with E-state index in [2.05, 4.69) is 11.8 Å². The summed E-state index contributed by atoms with van der Waals surface area (Å²) < 4.78 is 5.33. The molecule has 1 aliphatic rings. The van der Waals surface area contributed by atoms with Crippen LogP contribution in [0.25, 0.3) is 0 Å². The first-order valence-electron chi connectivity index (χ1n) is 5.08. The number of hydrogen-bond donors (Lipinski definition) is 1. The van der Waals surface area contributed by atoms with Gasteiger partial charge in [-0.2, -0.15) is 0 Å². The van der Waals surface area contributed by atoms with Gasteiger partial charge in [-0.3, -0.25) is 4.90 Å². The number of methoxy groups -OCH3 is 1. The molecule has 1 fully saturated rings. The normalized spacial score (nSPS) is 33.2. The van der Waals surface area contributed by atoms with E-state index in [1.54, 1.807) is 7.11 Å². The molecule has 0 radical (unpaired) electrons. The van der Waals surface area contributed by atoms with Crippen molar-refractivity contribution in [1.82, 2.24) is 4.90 Å². The number of hydrogen-bond acceptors (Lipinski definition) is 3. The average molecular weight is 187 g/mol. The Morgan fingerprint density at radius 1 is 1.62 bits per heavy atom. The molecule has 0 aliphatic carbocycles. The molecule has 78 valence electrons. The lowest BCUT2D eigenvalue weighted by Crippen LogP contribution is -2.45. The summed E-state index contributed by atoms with van der Waals surface area (Å²) in [5.74, 6) is 0. The highest BCUT2D eigenvalue weighted by atomic mass is 16.5. The van der Waals surface area contributed by atoms with E-state index in [4.69, 9.17) is 4.74 Å². The van der Waals surface area contributed by atoms with Crippen molar-refractivity contribution >= 4 is 0 Å². The Morgan fingerprint density at radius 2 is 2.31 bits per heavy atom. The van der Waals surface area contributed by atoms with E-state index < -0.39 is 0 Å². The van der Waals surface area contributed by atoms with Crippen molar-refractivity contribution in [3.05, 3.63) is 0 Å². The van der Waals surface area contributed by atoms with Crippen LogP contribution in [0, 0.1) is 0 Å². The topological polar surface area (TPSA) is 32.7 Å². The fourth-order valence-corrected chi connectivity index (χ4v) is 2.00. The van der Waals surface area contributed by atoms with E-state index in [0.717, 1.165) is 25.9 Å². The maximum Gasteiger partial charge on any atom is 0.0639 e. The quantitative estimate of drug-likeness (QED) is 0.711. The zero-order valence-electron chi connectivity index (χ0n) is 8.86. The highest BCUT2D eigenvalue weighted by Gasteiger charge is 2.25. The van der Waals surface area contributed by atoms with Gasteiger partial charge in [-0.1, -0.05) is 0 Å². The Kier molecular flexibility index (Phi) is 4.16. The first-order chi connectivity index (χ1) is 6.13. The molecule has 0 saturated carbocycles.